The molecule has 0 aliphatic rings. The summed E-state index contributed by atoms with van der Waals surface area (Å²) in [6.45, 7) is 5.13. The van der Waals surface area contributed by atoms with E-state index < -0.39 is 40.2 Å². The van der Waals surface area contributed by atoms with E-state index in [2.05, 4.69) is 5.32 Å². The second kappa shape index (κ2) is 11.5. The summed E-state index contributed by atoms with van der Waals surface area (Å²) in [6, 6.07) is 17.5. The Bertz CT molecular complexity index is 1340. The number of benzene rings is 3. The minimum atomic E-state index is -3.88. The van der Waals surface area contributed by atoms with Gasteiger partial charge in [-0.1, -0.05) is 68.4 Å². The van der Waals surface area contributed by atoms with E-state index in [0.717, 1.165) is 15.9 Å². The third-order valence-electron chi connectivity index (χ3n) is 5.86. The van der Waals surface area contributed by atoms with Crippen LogP contribution in [-0.4, -0.2) is 50.5 Å². The number of fused-ring (bicyclic) bond motifs is 1. The van der Waals surface area contributed by atoms with Crippen molar-refractivity contribution >= 4 is 38.3 Å². The molecule has 0 unspecified atom stereocenters. The maximum Gasteiger partial charge on any atom is 0.244 e. The maximum absolute atomic E-state index is 14.5. The zero-order chi connectivity index (χ0) is 26.5. The number of nitrogens with one attached hydrogen (secondary N) is 1. The molecule has 3 aromatic rings. The average Bonchev–Trinajstić information content (AvgIpc) is 2.83. The highest BCUT2D eigenvalue weighted by Gasteiger charge is 2.31. The highest BCUT2D eigenvalue weighted by Crippen LogP contribution is 2.28. The Balaban J connectivity index is 1.98. The van der Waals surface area contributed by atoms with Crippen LogP contribution in [0.15, 0.2) is 66.7 Å². The van der Waals surface area contributed by atoms with E-state index >= 15 is 0 Å². The Labute approximate surface area is 212 Å². The standard InChI is InChI=1S/C27H32FN3O4S/c1-19(2)16-29-27(33)20(3)30(17-22-11-6-8-14-24(22)28)26(32)18-31(36(4,34)35)25-15-9-12-21-10-5-7-13-23(21)25/h5-15,19-20H,16-18H2,1-4H3,(H,29,33)/t20-/m0/s1. The molecule has 0 saturated heterocycles. The minimum Gasteiger partial charge on any atom is -0.354 e. The first-order valence-corrected chi connectivity index (χ1v) is 13.6. The molecule has 3 aromatic carbocycles. The molecule has 1 atom stereocenters. The Morgan fingerprint density at radius 1 is 0.944 bits per heavy atom. The summed E-state index contributed by atoms with van der Waals surface area (Å²) in [7, 11) is -3.88. The molecular formula is C27H32FN3O4S. The monoisotopic (exact) mass is 513 g/mol. The molecule has 0 radical (unpaired) electrons. The number of hydrogen-bond acceptors (Lipinski definition) is 4. The molecule has 0 spiro atoms. The number of anilines is 1. The van der Waals surface area contributed by atoms with Crippen LogP contribution in [-0.2, 0) is 26.2 Å². The predicted octanol–water partition coefficient (Wildman–Crippen LogP) is 3.93. The van der Waals surface area contributed by atoms with Crippen molar-refractivity contribution in [3.8, 4) is 0 Å². The topological polar surface area (TPSA) is 86.8 Å². The third kappa shape index (κ3) is 6.60. The van der Waals surface area contributed by atoms with Gasteiger partial charge in [-0.25, -0.2) is 12.8 Å². The van der Waals surface area contributed by atoms with E-state index in [0.29, 0.717) is 17.6 Å². The summed E-state index contributed by atoms with van der Waals surface area (Å²) in [6.07, 6.45) is 1.03. The first-order chi connectivity index (χ1) is 17.0. The van der Waals surface area contributed by atoms with Crippen LogP contribution in [0.4, 0.5) is 10.1 Å². The van der Waals surface area contributed by atoms with Crippen LogP contribution in [0.25, 0.3) is 10.8 Å². The van der Waals surface area contributed by atoms with Gasteiger partial charge in [0.1, 0.15) is 18.4 Å². The van der Waals surface area contributed by atoms with E-state index in [1.54, 1.807) is 37.3 Å². The summed E-state index contributed by atoms with van der Waals surface area (Å²) in [5.74, 6) is -1.34. The van der Waals surface area contributed by atoms with Gasteiger partial charge < -0.3 is 10.2 Å². The smallest absolute Gasteiger partial charge is 0.244 e. The summed E-state index contributed by atoms with van der Waals surface area (Å²) < 4.78 is 41.2. The fourth-order valence-corrected chi connectivity index (χ4v) is 4.73. The van der Waals surface area contributed by atoms with Gasteiger partial charge >= 0.3 is 0 Å². The van der Waals surface area contributed by atoms with Crippen LogP contribution >= 0.6 is 0 Å². The number of rotatable bonds is 10. The molecule has 9 heteroatoms. The Morgan fingerprint density at radius 3 is 2.25 bits per heavy atom. The van der Waals surface area contributed by atoms with E-state index in [1.807, 2.05) is 32.0 Å². The third-order valence-corrected chi connectivity index (χ3v) is 6.99. The van der Waals surface area contributed by atoms with Gasteiger partial charge in [-0.3, -0.25) is 13.9 Å². The number of halogens is 1. The predicted molar refractivity (Wildman–Crippen MR) is 140 cm³/mol. The van der Waals surface area contributed by atoms with E-state index in [9.17, 15) is 22.4 Å². The van der Waals surface area contributed by atoms with Crippen molar-refractivity contribution in [2.24, 2.45) is 5.92 Å². The summed E-state index contributed by atoms with van der Waals surface area (Å²) >= 11 is 0. The van der Waals surface area contributed by atoms with Gasteiger partial charge in [0.25, 0.3) is 0 Å². The summed E-state index contributed by atoms with van der Waals surface area (Å²) in [5, 5.41) is 4.29. The molecular weight excluding hydrogens is 481 g/mol. The van der Waals surface area contributed by atoms with Crippen LogP contribution < -0.4 is 9.62 Å². The molecule has 0 aliphatic carbocycles. The molecule has 36 heavy (non-hydrogen) atoms. The van der Waals surface area contributed by atoms with Crippen molar-refractivity contribution in [1.82, 2.24) is 10.2 Å². The molecule has 7 nitrogen and oxygen atoms in total. The molecule has 2 amide bonds. The van der Waals surface area contributed by atoms with Crippen molar-refractivity contribution in [3.63, 3.8) is 0 Å². The largest absolute Gasteiger partial charge is 0.354 e. The highest BCUT2D eigenvalue weighted by molar-refractivity contribution is 7.92. The SMILES string of the molecule is CC(C)CNC(=O)[C@H](C)N(Cc1ccccc1F)C(=O)CN(c1cccc2ccccc12)S(C)(=O)=O. The Kier molecular flexibility index (Phi) is 8.68. The van der Waals surface area contributed by atoms with Crippen LogP contribution in [0.3, 0.4) is 0 Å². The number of hydrogen-bond donors (Lipinski definition) is 1. The van der Waals surface area contributed by atoms with E-state index in [1.165, 1.54) is 23.1 Å². The molecule has 3 rings (SSSR count). The molecule has 0 aliphatic heterocycles. The summed E-state index contributed by atoms with van der Waals surface area (Å²) in [5.41, 5.74) is 0.581. The van der Waals surface area contributed by atoms with Gasteiger partial charge in [-0.05, 0) is 30.4 Å². The number of sulfonamides is 1. The van der Waals surface area contributed by atoms with Crippen molar-refractivity contribution in [1.29, 1.82) is 0 Å². The van der Waals surface area contributed by atoms with Gasteiger partial charge in [-0.15, -0.1) is 0 Å². The van der Waals surface area contributed by atoms with Crippen molar-refractivity contribution < 1.29 is 22.4 Å². The second-order valence-electron chi connectivity index (χ2n) is 9.20. The van der Waals surface area contributed by atoms with Gasteiger partial charge in [0.15, 0.2) is 0 Å². The van der Waals surface area contributed by atoms with Gasteiger partial charge in [0, 0.05) is 24.0 Å². The first-order valence-electron chi connectivity index (χ1n) is 11.7. The van der Waals surface area contributed by atoms with Gasteiger partial charge in [-0.2, -0.15) is 0 Å². The van der Waals surface area contributed by atoms with Crippen LogP contribution in [0.1, 0.15) is 26.3 Å². The average molecular weight is 514 g/mol. The zero-order valence-electron chi connectivity index (χ0n) is 20.9. The lowest BCUT2D eigenvalue weighted by Gasteiger charge is -2.32. The molecule has 0 saturated carbocycles. The van der Waals surface area contributed by atoms with E-state index in [-0.39, 0.29) is 18.0 Å². The first kappa shape index (κ1) is 27.1. The van der Waals surface area contributed by atoms with Crippen LogP contribution in [0, 0.1) is 11.7 Å². The zero-order valence-corrected chi connectivity index (χ0v) is 21.8. The molecule has 0 fully saturated rings. The lowest BCUT2D eigenvalue weighted by molar-refractivity contribution is -0.139. The number of carbonyl (C=O) groups is 2. The summed E-state index contributed by atoms with van der Waals surface area (Å²) in [4.78, 5) is 27.7. The lowest BCUT2D eigenvalue weighted by atomic mass is 10.1. The quantitative estimate of drug-likeness (QED) is 0.445. The lowest BCUT2D eigenvalue weighted by Crippen LogP contribution is -2.51. The highest BCUT2D eigenvalue weighted by atomic mass is 32.2. The normalized spacial score (nSPS) is 12.4. The Hall–Kier alpha value is -3.46. The molecule has 0 bridgehead atoms. The minimum absolute atomic E-state index is 0.186. The molecule has 192 valence electrons. The van der Waals surface area contributed by atoms with Gasteiger partial charge in [0.2, 0.25) is 21.8 Å². The molecule has 0 aromatic heterocycles. The fraction of sp³-hybridized carbons (Fsp3) is 0.333. The molecule has 1 N–H and O–H groups in total. The van der Waals surface area contributed by atoms with Crippen molar-refractivity contribution in [2.75, 3.05) is 23.7 Å². The van der Waals surface area contributed by atoms with Crippen molar-refractivity contribution in [2.45, 2.75) is 33.4 Å². The Morgan fingerprint density at radius 2 is 1.58 bits per heavy atom. The fourth-order valence-electron chi connectivity index (χ4n) is 3.87. The van der Waals surface area contributed by atoms with Crippen molar-refractivity contribution in [3.05, 3.63) is 78.1 Å². The van der Waals surface area contributed by atoms with Gasteiger partial charge in [0.05, 0.1) is 11.9 Å². The maximum atomic E-state index is 14.5. The second-order valence-corrected chi connectivity index (χ2v) is 11.1. The number of nitrogens with zero attached hydrogens (tertiary/aromatic N) is 2. The number of amides is 2. The van der Waals surface area contributed by atoms with Crippen LogP contribution in [0.5, 0.6) is 0 Å². The number of carbonyl (C=O) groups excluding carboxylic acids is 2. The van der Waals surface area contributed by atoms with Crippen LogP contribution in [0.2, 0.25) is 0 Å². The molecule has 0 heterocycles. The van der Waals surface area contributed by atoms with E-state index in [4.69, 9.17) is 0 Å².